The van der Waals surface area contributed by atoms with Crippen LogP contribution in [0, 0.1) is 5.41 Å². The summed E-state index contributed by atoms with van der Waals surface area (Å²) in [5.41, 5.74) is 4.53. The summed E-state index contributed by atoms with van der Waals surface area (Å²) in [4.78, 5) is 10.8. The minimum absolute atomic E-state index is 0.325. The number of aliphatic carboxylic acids is 1. The summed E-state index contributed by atoms with van der Waals surface area (Å²) in [7, 11) is 0. The maximum Gasteiger partial charge on any atom is 0.309 e. The van der Waals surface area contributed by atoms with Crippen LogP contribution in [-0.4, -0.2) is 29.8 Å². The molecule has 3 N–H and O–H groups in total. The molecular formula is C11H23NO3. The summed E-state index contributed by atoms with van der Waals surface area (Å²) >= 11 is 0. The summed E-state index contributed by atoms with van der Waals surface area (Å²) in [6, 6.07) is 0. The van der Waals surface area contributed by atoms with Crippen molar-refractivity contribution in [2.24, 2.45) is 11.1 Å². The zero-order chi connectivity index (χ0) is 12.1. The first-order valence-corrected chi connectivity index (χ1v) is 5.35. The van der Waals surface area contributed by atoms with E-state index in [1.54, 1.807) is 13.8 Å². The highest BCUT2D eigenvalue weighted by atomic mass is 16.5. The van der Waals surface area contributed by atoms with E-state index in [0.717, 1.165) is 6.42 Å². The fraction of sp³-hybridized carbons (Fsp3) is 0.909. The van der Waals surface area contributed by atoms with Gasteiger partial charge in [-0.05, 0) is 33.6 Å². The van der Waals surface area contributed by atoms with Crippen LogP contribution >= 0.6 is 0 Å². The maximum absolute atomic E-state index is 10.8. The van der Waals surface area contributed by atoms with Crippen molar-refractivity contribution in [3.05, 3.63) is 0 Å². The van der Waals surface area contributed by atoms with E-state index < -0.39 is 11.4 Å². The second-order valence-corrected chi connectivity index (χ2v) is 4.80. The molecule has 1 unspecified atom stereocenters. The minimum Gasteiger partial charge on any atom is -0.481 e. The average molecular weight is 217 g/mol. The fourth-order valence-electron chi connectivity index (χ4n) is 0.965. The molecule has 0 saturated carbocycles. The van der Waals surface area contributed by atoms with E-state index in [2.05, 4.69) is 0 Å². The lowest BCUT2D eigenvalue weighted by atomic mass is 9.90. The van der Waals surface area contributed by atoms with Gasteiger partial charge in [-0.1, -0.05) is 6.92 Å². The third-order valence-electron chi connectivity index (χ3n) is 2.94. The highest BCUT2D eigenvalue weighted by Gasteiger charge is 2.28. The molecule has 0 rings (SSSR count). The van der Waals surface area contributed by atoms with E-state index >= 15 is 0 Å². The second kappa shape index (κ2) is 5.47. The third kappa shape index (κ3) is 4.62. The van der Waals surface area contributed by atoms with Gasteiger partial charge in [-0.3, -0.25) is 4.79 Å². The Hall–Kier alpha value is -0.610. The largest absolute Gasteiger partial charge is 0.481 e. The van der Waals surface area contributed by atoms with Crippen LogP contribution in [0.4, 0.5) is 0 Å². The molecule has 0 aliphatic rings. The number of hydrogen-bond acceptors (Lipinski definition) is 3. The van der Waals surface area contributed by atoms with Crippen LogP contribution in [0.3, 0.4) is 0 Å². The molecule has 0 spiro atoms. The second-order valence-electron chi connectivity index (χ2n) is 4.80. The molecule has 0 radical (unpaired) electrons. The lowest BCUT2D eigenvalue weighted by Crippen LogP contribution is -2.38. The smallest absolute Gasteiger partial charge is 0.309 e. The van der Waals surface area contributed by atoms with Gasteiger partial charge in [0.05, 0.1) is 11.0 Å². The van der Waals surface area contributed by atoms with Crippen molar-refractivity contribution in [3.8, 4) is 0 Å². The van der Waals surface area contributed by atoms with E-state index in [0.29, 0.717) is 19.6 Å². The first-order chi connectivity index (χ1) is 6.77. The Morgan fingerprint density at radius 1 is 1.40 bits per heavy atom. The number of hydrogen-bond donors (Lipinski definition) is 2. The number of carboxylic acids is 1. The molecule has 90 valence electrons. The summed E-state index contributed by atoms with van der Waals surface area (Å²) in [5, 5.41) is 8.90. The molecule has 0 amide bonds. The number of nitrogens with two attached hydrogens (primary N) is 1. The average Bonchev–Trinajstić information content (AvgIpc) is 2.17. The normalized spacial score (nSPS) is 16.1. The molecule has 1 atom stereocenters. The number of rotatable bonds is 7. The molecule has 15 heavy (non-hydrogen) atoms. The van der Waals surface area contributed by atoms with Gasteiger partial charge in [0, 0.05) is 13.2 Å². The van der Waals surface area contributed by atoms with Crippen molar-refractivity contribution in [1.82, 2.24) is 0 Å². The zero-order valence-electron chi connectivity index (χ0n) is 10.2. The van der Waals surface area contributed by atoms with Gasteiger partial charge >= 0.3 is 5.97 Å². The van der Waals surface area contributed by atoms with Crippen molar-refractivity contribution < 1.29 is 14.6 Å². The number of carboxylic acid groups (broad SMARTS) is 1. The van der Waals surface area contributed by atoms with Crippen LogP contribution in [-0.2, 0) is 9.53 Å². The van der Waals surface area contributed by atoms with Gasteiger partial charge in [0.25, 0.3) is 0 Å². The predicted molar refractivity (Wildman–Crippen MR) is 59.7 cm³/mol. The zero-order valence-corrected chi connectivity index (χ0v) is 10.2. The summed E-state index contributed by atoms with van der Waals surface area (Å²) in [6.07, 6.45) is 1.33. The highest BCUT2D eigenvalue weighted by molar-refractivity contribution is 5.73. The van der Waals surface area contributed by atoms with Gasteiger partial charge in [-0.25, -0.2) is 0 Å². The van der Waals surface area contributed by atoms with Gasteiger partial charge in [-0.15, -0.1) is 0 Å². The van der Waals surface area contributed by atoms with Crippen molar-refractivity contribution in [3.63, 3.8) is 0 Å². The molecule has 0 aromatic carbocycles. The van der Waals surface area contributed by atoms with Crippen LogP contribution in [0.25, 0.3) is 0 Å². The van der Waals surface area contributed by atoms with Crippen LogP contribution < -0.4 is 5.73 Å². The Labute approximate surface area is 91.8 Å². The molecule has 0 aliphatic carbocycles. The van der Waals surface area contributed by atoms with E-state index in [9.17, 15) is 4.79 Å². The Morgan fingerprint density at radius 2 is 1.93 bits per heavy atom. The van der Waals surface area contributed by atoms with Crippen molar-refractivity contribution in [2.75, 3.05) is 13.2 Å². The SMILES string of the molecule is CCC(C)(CN)OCCC(C)(C)C(=O)O. The number of carbonyl (C=O) groups is 1. The maximum atomic E-state index is 10.8. The first kappa shape index (κ1) is 14.4. The quantitative estimate of drug-likeness (QED) is 0.680. The summed E-state index contributed by atoms with van der Waals surface area (Å²) in [5.74, 6) is -0.794. The Bertz CT molecular complexity index is 210. The van der Waals surface area contributed by atoms with Crippen molar-refractivity contribution >= 4 is 5.97 Å². The van der Waals surface area contributed by atoms with Crippen LogP contribution in [0.5, 0.6) is 0 Å². The molecule has 0 aliphatic heterocycles. The lowest BCUT2D eigenvalue weighted by Gasteiger charge is -2.28. The van der Waals surface area contributed by atoms with Crippen LogP contribution in [0.15, 0.2) is 0 Å². The molecule has 0 saturated heterocycles. The van der Waals surface area contributed by atoms with Gasteiger partial charge in [0.1, 0.15) is 0 Å². The summed E-state index contributed by atoms with van der Waals surface area (Å²) < 4.78 is 5.63. The van der Waals surface area contributed by atoms with Crippen molar-refractivity contribution in [2.45, 2.75) is 46.1 Å². The van der Waals surface area contributed by atoms with E-state index in [1.807, 2.05) is 13.8 Å². The van der Waals surface area contributed by atoms with Gasteiger partial charge in [0.2, 0.25) is 0 Å². The van der Waals surface area contributed by atoms with E-state index in [4.69, 9.17) is 15.6 Å². The molecule has 0 aromatic heterocycles. The monoisotopic (exact) mass is 217 g/mol. The molecule has 4 heteroatoms. The molecule has 4 nitrogen and oxygen atoms in total. The topological polar surface area (TPSA) is 72.5 Å². The standard InChI is InChI=1S/C11H23NO3/c1-5-11(4,8-12)15-7-6-10(2,3)9(13)14/h5-8,12H2,1-4H3,(H,13,14). The first-order valence-electron chi connectivity index (χ1n) is 5.35. The van der Waals surface area contributed by atoms with Gasteiger partial charge < -0.3 is 15.6 Å². The summed E-state index contributed by atoms with van der Waals surface area (Å²) in [6.45, 7) is 8.24. The van der Waals surface area contributed by atoms with Gasteiger partial charge in [-0.2, -0.15) is 0 Å². The highest BCUT2D eigenvalue weighted by Crippen LogP contribution is 2.22. The van der Waals surface area contributed by atoms with Gasteiger partial charge in [0.15, 0.2) is 0 Å². The Balaban J connectivity index is 4.03. The number of ether oxygens (including phenoxy) is 1. The van der Waals surface area contributed by atoms with E-state index in [-0.39, 0.29) is 5.60 Å². The molecule has 0 bridgehead atoms. The Morgan fingerprint density at radius 3 is 2.27 bits per heavy atom. The minimum atomic E-state index is -0.794. The molecule has 0 fully saturated rings. The van der Waals surface area contributed by atoms with Crippen LogP contribution in [0.2, 0.25) is 0 Å². The van der Waals surface area contributed by atoms with E-state index in [1.165, 1.54) is 0 Å². The lowest BCUT2D eigenvalue weighted by molar-refractivity contribution is -0.149. The van der Waals surface area contributed by atoms with Crippen molar-refractivity contribution in [1.29, 1.82) is 0 Å². The molecule has 0 aromatic rings. The van der Waals surface area contributed by atoms with Crippen LogP contribution in [0.1, 0.15) is 40.5 Å². The fourth-order valence-corrected chi connectivity index (χ4v) is 0.965. The Kier molecular flexibility index (Phi) is 5.24. The predicted octanol–water partition coefficient (Wildman–Crippen LogP) is 1.63. The third-order valence-corrected chi connectivity index (χ3v) is 2.94. The molecular weight excluding hydrogens is 194 g/mol. The molecule has 0 heterocycles.